The van der Waals surface area contributed by atoms with Crippen molar-refractivity contribution in [1.82, 2.24) is 15.1 Å². The number of rotatable bonds is 5. The number of piperidine rings is 2. The van der Waals surface area contributed by atoms with Gasteiger partial charge in [-0.2, -0.15) is 0 Å². The van der Waals surface area contributed by atoms with E-state index < -0.39 is 6.04 Å². The van der Waals surface area contributed by atoms with Crippen molar-refractivity contribution in [3.8, 4) is 0 Å². The molecule has 3 aliphatic rings. The van der Waals surface area contributed by atoms with Crippen LogP contribution in [0.4, 0.5) is 0 Å². The van der Waals surface area contributed by atoms with Crippen LogP contribution in [0.5, 0.6) is 0 Å². The van der Waals surface area contributed by atoms with Crippen LogP contribution in [-0.2, 0) is 9.59 Å². The van der Waals surface area contributed by atoms with Crippen molar-refractivity contribution in [2.45, 2.75) is 63.8 Å². The number of nitrogens with one attached hydrogen (secondary N) is 1. The fourth-order valence-corrected chi connectivity index (χ4v) is 5.35. The molecule has 168 valence electrons. The van der Waals surface area contributed by atoms with Crippen LogP contribution in [0.1, 0.15) is 68.1 Å². The number of amides is 3. The van der Waals surface area contributed by atoms with Gasteiger partial charge in [0.15, 0.2) is 0 Å². The number of hydrogen-bond acceptors (Lipinski definition) is 3. The Morgan fingerprint density at radius 2 is 1.42 bits per heavy atom. The number of carbonyl (C=O) groups excluding carboxylic acids is 3. The molecule has 31 heavy (non-hydrogen) atoms. The molecule has 6 heteroatoms. The normalized spacial score (nSPS) is 21.7. The Kier molecular flexibility index (Phi) is 7.25. The minimum absolute atomic E-state index is 0.0490. The molecule has 1 saturated carbocycles. The Morgan fingerprint density at radius 1 is 0.774 bits per heavy atom. The molecule has 6 nitrogen and oxygen atoms in total. The van der Waals surface area contributed by atoms with E-state index in [1.54, 1.807) is 0 Å². The van der Waals surface area contributed by atoms with Crippen LogP contribution < -0.4 is 5.32 Å². The molecule has 2 heterocycles. The maximum absolute atomic E-state index is 13.4. The average Bonchev–Trinajstić information content (AvgIpc) is 3.38. The van der Waals surface area contributed by atoms with Crippen molar-refractivity contribution in [3.05, 3.63) is 35.9 Å². The van der Waals surface area contributed by atoms with Gasteiger partial charge in [0.2, 0.25) is 11.8 Å². The van der Waals surface area contributed by atoms with Gasteiger partial charge in [-0.25, -0.2) is 0 Å². The molecule has 1 aromatic rings. The molecule has 1 N–H and O–H groups in total. The Morgan fingerprint density at radius 3 is 2.06 bits per heavy atom. The van der Waals surface area contributed by atoms with Gasteiger partial charge in [0, 0.05) is 37.7 Å². The summed E-state index contributed by atoms with van der Waals surface area (Å²) in [6, 6.07) is 8.91. The fourth-order valence-electron chi connectivity index (χ4n) is 5.35. The van der Waals surface area contributed by atoms with E-state index in [2.05, 4.69) is 5.32 Å². The van der Waals surface area contributed by atoms with E-state index in [0.717, 1.165) is 64.5 Å². The number of nitrogens with zero attached hydrogens (tertiary/aromatic N) is 2. The maximum atomic E-state index is 13.4. The molecule has 1 aliphatic carbocycles. The van der Waals surface area contributed by atoms with Crippen molar-refractivity contribution >= 4 is 17.7 Å². The summed E-state index contributed by atoms with van der Waals surface area (Å²) in [5.74, 6) is 0.318. The van der Waals surface area contributed by atoms with Gasteiger partial charge < -0.3 is 15.1 Å². The van der Waals surface area contributed by atoms with Gasteiger partial charge in [0.05, 0.1) is 0 Å². The lowest BCUT2D eigenvalue weighted by Gasteiger charge is -2.39. The predicted octanol–water partition coefficient (Wildman–Crippen LogP) is 3.23. The lowest BCUT2D eigenvalue weighted by molar-refractivity contribution is -0.140. The van der Waals surface area contributed by atoms with E-state index in [4.69, 9.17) is 0 Å². The molecule has 3 amide bonds. The summed E-state index contributed by atoms with van der Waals surface area (Å²) in [6.07, 6.45) is 8.80. The monoisotopic (exact) mass is 425 g/mol. The van der Waals surface area contributed by atoms with Crippen molar-refractivity contribution in [1.29, 1.82) is 0 Å². The molecule has 0 spiro atoms. The van der Waals surface area contributed by atoms with Crippen molar-refractivity contribution < 1.29 is 14.4 Å². The number of benzene rings is 1. The standard InChI is InChI=1S/C25H35N3O3/c29-23(20-9-5-6-10-20)26-22(25(31)27-15-7-2-8-16-27)19-13-17-28(18-14-19)24(30)21-11-3-1-4-12-21/h1,3-4,11-12,19-20,22H,2,5-10,13-18H2,(H,26,29)/t22-/m1/s1. The Balaban J connectivity index is 1.41. The second-order valence-corrected chi connectivity index (χ2v) is 9.35. The highest BCUT2D eigenvalue weighted by Gasteiger charge is 2.37. The minimum atomic E-state index is -0.458. The molecule has 1 atom stereocenters. The summed E-state index contributed by atoms with van der Waals surface area (Å²) in [5.41, 5.74) is 0.705. The van der Waals surface area contributed by atoms with E-state index in [-0.39, 0.29) is 29.6 Å². The van der Waals surface area contributed by atoms with E-state index >= 15 is 0 Å². The molecular weight excluding hydrogens is 390 g/mol. The number of hydrogen-bond donors (Lipinski definition) is 1. The fraction of sp³-hybridized carbons (Fsp3) is 0.640. The maximum Gasteiger partial charge on any atom is 0.253 e. The predicted molar refractivity (Wildman–Crippen MR) is 119 cm³/mol. The van der Waals surface area contributed by atoms with Crippen LogP contribution in [0.25, 0.3) is 0 Å². The zero-order chi connectivity index (χ0) is 21.6. The Bertz CT molecular complexity index is 761. The summed E-state index contributed by atoms with van der Waals surface area (Å²) in [7, 11) is 0. The summed E-state index contributed by atoms with van der Waals surface area (Å²) < 4.78 is 0. The third-order valence-corrected chi connectivity index (χ3v) is 7.28. The first-order valence-electron chi connectivity index (χ1n) is 12.1. The molecule has 4 rings (SSSR count). The van der Waals surface area contributed by atoms with E-state index in [9.17, 15) is 14.4 Å². The van der Waals surface area contributed by atoms with Gasteiger partial charge in [-0.15, -0.1) is 0 Å². The van der Waals surface area contributed by atoms with Crippen LogP contribution in [0, 0.1) is 11.8 Å². The number of likely N-dealkylation sites (tertiary alicyclic amines) is 2. The molecule has 3 fully saturated rings. The molecule has 0 bridgehead atoms. The highest BCUT2D eigenvalue weighted by atomic mass is 16.2. The summed E-state index contributed by atoms with van der Waals surface area (Å²) >= 11 is 0. The Labute approximate surface area is 185 Å². The van der Waals surface area contributed by atoms with E-state index in [1.807, 2.05) is 40.1 Å². The zero-order valence-electron chi connectivity index (χ0n) is 18.4. The van der Waals surface area contributed by atoms with Gasteiger partial charge in [-0.3, -0.25) is 14.4 Å². The van der Waals surface area contributed by atoms with Gasteiger partial charge in [-0.05, 0) is 63.0 Å². The molecule has 2 saturated heterocycles. The Hall–Kier alpha value is -2.37. The first kappa shape index (κ1) is 21.8. The van der Waals surface area contributed by atoms with Gasteiger partial charge in [0.1, 0.15) is 6.04 Å². The molecule has 0 aromatic heterocycles. The first-order chi connectivity index (χ1) is 15.1. The third kappa shape index (κ3) is 5.28. The molecular formula is C25H35N3O3. The van der Waals surface area contributed by atoms with E-state index in [1.165, 1.54) is 6.42 Å². The van der Waals surface area contributed by atoms with Crippen molar-refractivity contribution in [2.75, 3.05) is 26.2 Å². The number of carbonyl (C=O) groups is 3. The largest absolute Gasteiger partial charge is 0.344 e. The molecule has 0 radical (unpaired) electrons. The van der Waals surface area contributed by atoms with Crippen LogP contribution >= 0.6 is 0 Å². The van der Waals surface area contributed by atoms with Gasteiger partial charge in [-0.1, -0.05) is 31.0 Å². The van der Waals surface area contributed by atoms with Gasteiger partial charge >= 0.3 is 0 Å². The second kappa shape index (κ2) is 10.3. The van der Waals surface area contributed by atoms with Gasteiger partial charge in [0.25, 0.3) is 5.91 Å². The lowest BCUT2D eigenvalue weighted by atomic mass is 9.87. The van der Waals surface area contributed by atoms with Crippen molar-refractivity contribution in [2.24, 2.45) is 11.8 Å². The SMILES string of the molecule is O=C(N[C@@H](C(=O)N1CCCCC1)C1CCN(C(=O)c2ccccc2)CC1)C1CCCC1. The molecule has 2 aliphatic heterocycles. The third-order valence-electron chi connectivity index (χ3n) is 7.28. The first-order valence-corrected chi connectivity index (χ1v) is 12.1. The summed E-state index contributed by atoms with van der Waals surface area (Å²) in [6.45, 7) is 2.84. The lowest BCUT2D eigenvalue weighted by Crippen LogP contribution is -2.56. The quantitative estimate of drug-likeness (QED) is 0.787. The van der Waals surface area contributed by atoms with Crippen LogP contribution in [0.3, 0.4) is 0 Å². The molecule has 1 aromatic carbocycles. The topological polar surface area (TPSA) is 69.7 Å². The van der Waals surface area contributed by atoms with E-state index in [0.29, 0.717) is 18.7 Å². The zero-order valence-corrected chi connectivity index (χ0v) is 18.4. The highest BCUT2D eigenvalue weighted by Crippen LogP contribution is 2.28. The van der Waals surface area contributed by atoms with Crippen molar-refractivity contribution in [3.63, 3.8) is 0 Å². The summed E-state index contributed by atoms with van der Waals surface area (Å²) in [5, 5.41) is 3.17. The van der Waals surface area contributed by atoms with Crippen LogP contribution in [0.2, 0.25) is 0 Å². The highest BCUT2D eigenvalue weighted by molar-refractivity contribution is 5.94. The molecule has 0 unspecified atom stereocenters. The minimum Gasteiger partial charge on any atom is -0.344 e. The summed E-state index contributed by atoms with van der Waals surface area (Å²) in [4.78, 5) is 42.9. The van der Waals surface area contributed by atoms with Crippen LogP contribution in [-0.4, -0.2) is 59.7 Å². The average molecular weight is 426 g/mol. The second-order valence-electron chi connectivity index (χ2n) is 9.35. The smallest absolute Gasteiger partial charge is 0.253 e. The van der Waals surface area contributed by atoms with Crippen LogP contribution in [0.15, 0.2) is 30.3 Å².